The van der Waals surface area contributed by atoms with Gasteiger partial charge in [0.15, 0.2) is 5.78 Å². The Labute approximate surface area is 266 Å². The molecule has 0 fully saturated rings. The molecule has 1 amide bonds. The van der Waals surface area contributed by atoms with Gasteiger partial charge < -0.3 is 19.7 Å². The maximum atomic E-state index is 13.2. The van der Waals surface area contributed by atoms with Crippen LogP contribution in [0.25, 0.3) is 0 Å². The number of unbranched alkanes of at least 4 members (excludes halogenated alkanes) is 1. The second-order valence-electron chi connectivity index (χ2n) is 10.9. The summed E-state index contributed by atoms with van der Waals surface area (Å²) in [7, 11) is 1.35. The lowest BCUT2D eigenvalue weighted by atomic mass is 10.00. The molecule has 0 aromatic heterocycles. The number of carbonyl (C=O) groups excluding carboxylic acids is 3. The third-order valence-corrected chi connectivity index (χ3v) is 7.63. The Kier molecular flexibility index (Phi) is 12.3. The van der Waals surface area contributed by atoms with E-state index in [1.165, 1.54) is 7.11 Å². The highest BCUT2D eigenvalue weighted by atomic mass is 16.5. The first-order chi connectivity index (χ1) is 21.9. The lowest BCUT2D eigenvalue weighted by Crippen LogP contribution is -2.33. The molecule has 0 spiro atoms. The fraction of sp³-hybridized carbons (Fsp3) is 0.289. The molecule has 4 aromatic carbocycles. The van der Waals surface area contributed by atoms with Gasteiger partial charge >= 0.3 is 5.97 Å². The second kappa shape index (κ2) is 16.8. The Balaban J connectivity index is 1.36. The minimum atomic E-state index is -0.704. The number of methoxy groups -OCH3 is 1. The van der Waals surface area contributed by atoms with Gasteiger partial charge in [-0.1, -0.05) is 86.1 Å². The summed E-state index contributed by atoms with van der Waals surface area (Å²) in [6.07, 6.45) is 3.41. The average Bonchev–Trinajstić information content (AvgIpc) is 3.08. The zero-order valence-corrected chi connectivity index (χ0v) is 26.3. The number of nitrogens with zero attached hydrogens (tertiary/aromatic N) is 1. The first kappa shape index (κ1) is 33.0. The summed E-state index contributed by atoms with van der Waals surface area (Å²) in [5.41, 5.74) is 4.55. The van der Waals surface area contributed by atoms with Crippen LogP contribution in [0.2, 0.25) is 0 Å². The molecule has 4 aromatic rings. The quantitative estimate of drug-likeness (QED) is 0.0812. The van der Waals surface area contributed by atoms with Crippen molar-refractivity contribution in [2.45, 2.75) is 52.0 Å². The zero-order chi connectivity index (χ0) is 32.0. The highest BCUT2D eigenvalue weighted by Crippen LogP contribution is 2.23. The monoisotopic (exact) mass is 606 g/mol. The number of benzene rings is 4. The first-order valence-corrected chi connectivity index (χ1v) is 15.5. The van der Waals surface area contributed by atoms with E-state index in [9.17, 15) is 14.4 Å². The molecule has 0 heterocycles. The molecule has 1 atom stereocenters. The number of para-hydroxylation sites is 2. The SMILES string of the molecule is CCCCC(=O)N(CCCOc1ccc(CC(Nc2ccccc2C(=O)c2ccccc2)C(=O)OC)cc1)c1ccccc1C. The number of ketones is 1. The van der Waals surface area contributed by atoms with Crippen molar-refractivity contribution in [3.63, 3.8) is 0 Å². The van der Waals surface area contributed by atoms with E-state index in [-0.39, 0.29) is 11.7 Å². The summed E-state index contributed by atoms with van der Waals surface area (Å²) in [6, 6.07) is 31.1. The number of hydrogen-bond acceptors (Lipinski definition) is 6. The van der Waals surface area contributed by atoms with Crippen molar-refractivity contribution in [2.24, 2.45) is 0 Å². The fourth-order valence-corrected chi connectivity index (χ4v) is 5.15. The van der Waals surface area contributed by atoms with Gasteiger partial charge in [0, 0.05) is 41.9 Å². The molecule has 1 N–H and O–H groups in total. The van der Waals surface area contributed by atoms with Crippen molar-refractivity contribution in [3.8, 4) is 5.75 Å². The van der Waals surface area contributed by atoms with Gasteiger partial charge in [-0.25, -0.2) is 4.79 Å². The van der Waals surface area contributed by atoms with Crippen LogP contribution in [0.3, 0.4) is 0 Å². The van der Waals surface area contributed by atoms with Gasteiger partial charge in [-0.05, 0) is 61.2 Å². The molecule has 0 saturated carbocycles. The van der Waals surface area contributed by atoms with Crippen LogP contribution >= 0.6 is 0 Å². The van der Waals surface area contributed by atoms with Gasteiger partial charge in [0.25, 0.3) is 0 Å². The van der Waals surface area contributed by atoms with Crippen molar-refractivity contribution in [1.82, 2.24) is 0 Å². The average molecular weight is 607 g/mol. The van der Waals surface area contributed by atoms with Gasteiger partial charge in [-0.15, -0.1) is 0 Å². The van der Waals surface area contributed by atoms with E-state index < -0.39 is 12.0 Å². The molecule has 0 aliphatic carbocycles. The highest BCUT2D eigenvalue weighted by Gasteiger charge is 2.23. The number of amides is 1. The van der Waals surface area contributed by atoms with Crippen LogP contribution in [0.1, 0.15) is 59.7 Å². The van der Waals surface area contributed by atoms with Crippen LogP contribution in [0.15, 0.2) is 103 Å². The van der Waals surface area contributed by atoms with Gasteiger partial charge in [-0.3, -0.25) is 9.59 Å². The summed E-state index contributed by atoms with van der Waals surface area (Å²) in [4.78, 5) is 40.8. The van der Waals surface area contributed by atoms with E-state index in [1.807, 2.05) is 84.6 Å². The number of esters is 1. The summed E-state index contributed by atoms with van der Waals surface area (Å²) < 4.78 is 11.1. The number of carbonyl (C=O) groups is 3. The van der Waals surface area contributed by atoms with Crippen LogP contribution in [0, 0.1) is 6.92 Å². The Bertz CT molecular complexity index is 1550. The minimum Gasteiger partial charge on any atom is -0.494 e. The van der Waals surface area contributed by atoms with Crippen LogP contribution in [-0.4, -0.2) is 44.0 Å². The van der Waals surface area contributed by atoms with Crippen molar-refractivity contribution >= 4 is 29.0 Å². The largest absolute Gasteiger partial charge is 0.494 e. The number of anilines is 2. The molecule has 0 radical (unpaired) electrons. The van der Waals surface area contributed by atoms with Crippen LogP contribution in [-0.2, 0) is 20.7 Å². The molecule has 0 aliphatic rings. The predicted octanol–water partition coefficient (Wildman–Crippen LogP) is 7.41. The van der Waals surface area contributed by atoms with E-state index in [1.54, 1.807) is 30.3 Å². The molecule has 234 valence electrons. The second-order valence-corrected chi connectivity index (χ2v) is 10.9. The smallest absolute Gasteiger partial charge is 0.328 e. The van der Waals surface area contributed by atoms with Gasteiger partial charge in [0.2, 0.25) is 5.91 Å². The van der Waals surface area contributed by atoms with Crippen LogP contribution in [0.4, 0.5) is 11.4 Å². The Morgan fingerprint density at radius 2 is 1.51 bits per heavy atom. The van der Waals surface area contributed by atoms with E-state index in [4.69, 9.17) is 9.47 Å². The third-order valence-electron chi connectivity index (χ3n) is 7.63. The minimum absolute atomic E-state index is 0.129. The molecule has 0 saturated heterocycles. The molecule has 0 bridgehead atoms. The zero-order valence-electron chi connectivity index (χ0n) is 26.3. The molecule has 7 heteroatoms. The topological polar surface area (TPSA) is 84.9 Å². The summed E-state index contributed by atoms with van der Waals surface area (Å²) in [5.74, 6) is 0.288. The van der Waals surface area contributed by atoms with Crippen molar-refractivity contribution in [1.29, 1.82) is 0 Å². The summed E-state index contributed by atoms with van der Waals surface area (Å²) in [5, 5.41) is 3.24. The Morgan fingerprint density at radius 1 is 0.822 bits per heavy atom. The molecule has 1 unspecified atom stereocenters. The first-order valence-electron chi connectivity index (χ1n) is 15.5. The molecule has 7 nitrogen and oxygen atoms in total. The number of nitrogens with one attached hydrogen (secondary N) is 1. The van der Waals surface area contributed by atoms with Crippen LogP contribution < -0.4 is 15.0 Å². The maximum Gasteiger partial charge on any atom is 0.328 e. The lowest BCUT2D eigenvalue weighted by Gasteiger charge is -2.25. The molecule has 0 aliphatic heterocycles. The standard InChI is InChI=1S/C38H42N2O5/c1-4-5-20-36(41)40(35-19-12-9-14-28(35)2)25-13-26-45-31-23-21-29(22-24-31)27-34(38(43)44-3)39-33-18-11-10-17-32(33)37(42)30-15-7-6-8-16-30/h6-12,14-19,21-24,34,39H,4-5,13,20,25-27H2,1-3H3. The van der Waals surface area contributed by atoms with Crippen LogP contribution in [0.5, 0.6) is 5.75 Å². The molecular formula is C38H42N2O5. The van der Waals surface area contributed by atoms with Gasteiger partial charge in [0.05, 0.1) is 13.7 Å². The van der Waals surface area contributed by atoms with Crippen molar-refractivity contribution in [2.75, 3.05) is 30.5 Å². The molecular weight excluding hydrogens is 564 g/mol. The molecule has 4 rings (SSSR count). The van der Waals surface area contributed by atoms with E-state index in [0.29, 0.717) is 55.0 Å². The highest BCUT2D eigenvalue weighted by molar-refractivity contribution is 6.12. The van der Waals surface area contributed by atoms with E-state index >= 15 is 0 Å². The molecule has 45 heavy (non-hydrogen) atoms. The summed E-state index contributed by atoms with van der Waals surface area (Å²) in [6.45, 7) is 5.15. The van der Waals surface area contributed by atoms with E-state index in [0.717, 1.165) is 29.7 Å². The maximum absolute atomic E-state index is 13.2. The predicted molar refractivity (Wildman–Crippen MR) is 179 cm³/mol. The van der Waals surface area contributed by atoms with E-state index in [2.05, 4.69) is 12.2 Å². The number of hydrogen-bond donors (Lipinski definition) is 1. The fourth-order valence-electron chi connectivity index (χ4n) is 5.15. The number of rotatable bonds is 16. The third kappa shape index (κ3) is 9.29. The van der Waals surface area contributed by atoms with Gasteiger partial charge in [-0.2, -0.15) is 0 Å². The van der Waals surface area contributed by atoms with Crippen molar-refractivity contribution < 1.29 is 23.9 Å². The normalized spacial score (nSPS) is 11.4. The van der Waals surface area contributed by atoms with Gasteiger partial charge in [0.1, 0.15) is 11.8 Å². The summed E-state index contributed by atoms with van der Waals surface area (Å²) >= 11 is 0. The lowest BCUT2D eigenvalue weighted by molar-refractivity contribution is -0.141. The number of ether oxygens (including phenoxy) is 2. The Morgan fingerprint density at radius 3 is 2.22 bits per heavy atom. The van der Waals surface area contributed by atoms with Crippen molar-refractivity contribution in [3.05, 3.63) is 125 Å². The Hall–Kier alpha value is -4.91. The number of aryl methyl sites for hydroxylation is 1.